The lowest BCUT2D eigenvalue weighted by molar-refractivity contribution is -0.0262. The molecule has 0 aromatic carbocycles. The molecule has 0 aromatic heterocycles. The zero-order valence-electron chi connectivity index (χ0n) is 8.13. The van der Waals surface area contributed by atoms with Gasteiger partial charge in [-0.15, -0.1) is 0 Å². The molecule has 2 atom stereocenters. The van der Waals surface area contributed by atoms with Gasteiger partial charge in [-0.05, 0) is 5.41 Å². The van der Waals surface area contributed by atoms with E-state index in [1.807, 2.05) is 20.8 Å². The van der Waals surface area contributed by atoms with Crippen molar-refractivity contribution in [2.45, 2.75) is 38.8 Å². The van der Waals surface area contributed by atoms with Crippen molar-refractivity contribution in [3.8, 4) is 0 Å². The summed E-state index contributed by atoms with van der Waals surface area (Å²) in [6.07, 6.45) is 0.658. The molecule has 3 nitrogen and oxygen atoms in total. The van der Waals surface area contributed by atoms with Crippen LogP contribution in [0, 0.1) is 5.41 Å². The lowest BCUT2D eigenvalue weighted by atomic mass is 9.76. The van der Waals surface area contributed by atoms with Gasteiger partial charge in [0.2, 0.25) is 0 Å². The maximum absolute atomic E-state index is 10.0. The van der Waals surface area contributed by atoms with Crippen molar-refractivity contribution in [2.75, 3.05) is 13.2 Å². The first-order chi connectivity index (χ1) is 5.36. The van der Waals surface area contributed by atoms with Crippen molar-refractivity contribution in [2.24, 2.45) is 11.1 Å². The van der Waals surface area contributed by atoms with Crippen LogP contribution in [0.3, 0.4) is 0 Å². The van der Waals surface area contributed by atoms with Crippen molar-refractivity contribution in [1.29, 1.82) is 0 Å². The van der Waals surface area contributed by atoms with Crippen LogP contribution in [0.4, 0.5) is 0 Å². The molecule has 1 heterocycles. The Morgan fingerprint density at radius 2 is 2.08 bits per heavy atom. The Kier molecular flexibility index (Phi) is 2.47. The average molecular weight is 173 g/mol. The summed E-state index contributed by atoms with van der Waals surface area (Å²) in [5.74, 6) is 0. The smallest absolute Gasteiger partial charge is 0.106 e. The summed E-state index contributed by atoms with van der Waals surface area (Å²) in [7, 11) is 0. The fourth-order valence-corrected chi connectivity index (χ4v) is 1.62. The maximum atomic E-state index is 10.0. The molecule has 1 fully saturated rings. The van der Waals surface area contributed by atoms with E-state index in [0.717, 1.165) is 0 Å². The highest BCUT2D eigenvalue weighted by atomic mass is 16.5. The largest absolute Gasteiger partial charge is 0.386 e. The second-order valence-electron chi connectivity index (χ2n) is 4.75. The molecular weight excluding hydrogens is 154 g/mol. The topological polar surface area (TPSA) is 55.5 Å². The zero-order valence-corrected chi connectivity index (χ0v) is 8.13. The Morgan fingerprint density at radius 1 is 1.50 bits per heavy atom. The molecule has 0 spiro atoms. The minimum absolute atomic E-state index is 0.0670. The summed E-state index contributed by atoms with van der Waals surface area (Å²) >= 11 is 0. The molecule has 72 valence electrons. The highest BCUT2D eigenvalue weighted by Crippen LogP contribution is 2.31. The third-order valence-corrected chi connectivity index (χ3v) is 2.54. The summed E-state index contributed by atoms with van der Waals surface area (Å²) in [5, 5.41) is 10.0. The molecule has 3 heteroatoms. The molecule has 1 aliphatic rings. The van der Waals surface area contributed by atoms with Crippen LogP contribution in [0.15, 0.2) is 0 Å². The summed E-state index contributed by atoms with van der Waals surface area (Å²) in [4.78, 5) is 0. The van der Waals surface area contributed by atoms with Gasteiger partial charge in [-0.1, -0.05) is 20.8 Å². The summed E-state index contributed by atoms with van der Waals surface area (Å²) in [5.41, 5.74) is 5.09. The van der Waals surface area contributed by atoms with E-state index >= 15 is 0 Å². The summed E-state index contributed by atoms with van der Waals surface area (Å²) in [6, 6.07) is -0.215. The van der Waals surface area contributed by atoms with Gasteiger partial charge in [-0.2, -0.15) is 0 Å². The Morgan fingerprint density at radius 3 is 2.42 bits per heavy atom. The molecule has 0 bridgehead atoms. The van der Waals surface area contributed by atoms with Gasteiger partial charge < -0.3 is 15.6 Å². The van der Waals surface area contributed by atoms with Crippen molar-refractivity contribution in [1.82, 2.24) is 0 Å². The molecule has 0 aliphatic carbocycles. The minimum atomic E-state index is -0.807. The third-order valence-electron chi connectivity index (χ3n) is 2.54. The normalized spacial score (nSPS) is 33.8. The van der Waals surface area contributed by atoms with Crippen molar-refractivity contribution >= 4 is 0 Å². The van der Waals surface area contributed by atoms with Crippen LogP contribution >= 0.6 is 0 Å². The van der Waals surface area contributed by atoms with Gasteiger partial charge in [0.25, 0.3) is 0 Å². The van der Waals surface area contributed by atoms with Crippen LogP contribution in [0.1, 0.15) is 27.2 Å². The van der Waals surface area contributed by atoms with Gasteiger partial charge >= 0.3 is 0 Å². The Hall–Kier alpha value is -0.120. The van der Waals surface area contributed by atoms with Gasteiger partial charge in [0, 0.05) is 19.1 Å². The van der Waals surface area contributed by atoms with E-state index < -0.39 is 5.60 Å². The molecule has 3 N–H and O–H groups in total. The lowest BCUT2D eigenvalue weighted by Gasteiger charge is -2.37. The van der Waals surface area contributed by atoms with Crippen LogP contribution in [0.25, 0.3) is 0 Å². The van der Waals surface area contributed by atoms with Gasteiger partial charge in [0.15, 0.2) is 0 Å². The van der Waals surface area contributed by atoms with Gasteiger partial charge in [0.1, 0.15) is 5.60 Å². The minimum Gasteiger partial charge on any atom is -0.386 e. The maximum Gasteiger partial charge on any atom is 0.106 e. The molecule has 12 heavy (non-hydrogen) atoms. The SMILES string of the molecule is CC(C)(C)C(N)C1(O)CCOC1. The summed E-state index contributed by atoms with van der Waals surface area (Å²) in [6.45, 7) is 7.11. The Labute approximate surface area is 73.9 Å². The Bertz CT molecular complexity index is 156. The number of ether oxygens (including phenoxy) is 1. The number of nitrogens with two attached hydrogens (primary N) is 1. The number of rotatable bonds is 1. The molecule has 0 saturated carbocycles. The van der Waals surface area contributed by atoms with Gasteiger partial charge in [0.05, 0.1) is 6.61 Å². The van der Waals surface area contributed by atoms with E-state index in [1.165, 1.54) is 0 Å². The average Bonchev–Trinajstić information content (AvgIpc) is 2.34. The van der Waals surface area contributed by atoms with Crippen LogP contribution in [0.2, 0.25) is 0 Å². The first-order valence-electron chi connectivity index (χ1n) is 4.42. The molecule has 0 radical (unpaired) electrons. The lowest BCUT2D eigenvalue weighted by Crippen LogP contribution is -2.55. The van der Waals surface area contributed by atoms with E-state index in [4.69, 9.17) is 10.5 Å². The van der Waals surface area contributed by atoms with Gasteiger partial charge in [-0.25, -0.2) is 0 Å². The Balaban J connectivity index is 2.68. The molecule has 0 aromatic rings. The third kappa shape index (κ3) is 1.79. The first kappa shape index (κ1) is 9.96. The quantitative estimate of drug-likeness (QED) is 0.607. The number of aliphatic hydroxyl groups is 1. The van der Waals surface area contributed by atoms with Crippen LogP contribution < -0.4 is 5.73 Å². The number of hydrogen-bond acceptors (Lipinski definition) is 3. The molecule has 1 rings (SSSR count). The van der Waals surface area contributed by atoms with Crippen molar-refractivity contribution in [3.05, 3.63) is 0 Å². The number of hydrogen-bond donors (Lipinski definition) is 2. The standard InChI is InChI=1S/C9H19NO2/c1-8(2,3)7(10)9(11)4-5-12-6-9/h7,11H,4-6,10H2,1-3H3. The molecular formula is C9H19NO2. The van der Waals surface area contributed by atoms with Crippen LogP contribution in [0.5, 0.6) is 0 Å². The van der Waals surface area contributed by atoms with Crippen molar-refractivity contribution in [3.63, 3.8) is 0 Å². The van der Waals surface area contributed by atoms with E-state index in [9.17, 15) is 5.11 Å². The second kappa shape index (κ2) is 2.98. The van der Waals surface area contributed by atoms with Crippen LogP contribution in [-0.4, -0.2) is 30.0 Å². The fraction of sp³-hybridized carbons (Fsp3) is 1.00. The van der Waals surface area contributed by atoms with Crippen LogP contribution in [-0.2, 0) is 4.74 Å². The molecule has 0 amide bonds. The van der Waals surface area contributed by atoms with E-state index in [0.29, 0.717) is 19.6 Å². The highest BCUT2D eigenvalue weighted by molar-refractivity contribution is 4.98. The van der Waals surface area contributed by atoms with E-state index in [2.05, 4.69) is 0 Å². The van der Waals surface area contributed by atoms with E-state index in [1.54, 1.807) is 0 Å². The zero-order chi connectivity index (χ0) is 9.41. The first-order valence-corrected chi connectivity index (χ1v) is 4.42. The predicted molar refractivity (Wildman–Crippen MR) is 47.8 cm³/mol. The molecule has 1 saturated heterocycles. The monoisotopic (exact) mass is 173 g/mol. The van der Waals surface area contributed by atoms with Gasteiger partial charge in [-0.3, -0.25) is 0 Å². The van der Waals surface area contributed by atoms with Crippen molar-refractivity contribution < 1.29 is 9.84 Å². The van der Waals surface area contributed by atoms with E-state index in [-0.39, 0.29) is 11.5 Å². The molecule has 1 aliphatic heterocycles. The highest BCUT2D eigenvalue weighted by Gasteiger charge is 2.43. The fourth-order valence-electron chi connectivity index (χ4n) is 1.62. The predicted octanol–water partition coefficient (Wildman–Crippen LogP) is 0.511. The summed E-state index contributed by atoms with van der Waals surface area (Å²) < 4.78 is 5.15. The molecule has 2 unspecified atom stereocenters. The second-order valence-corrected chi connectivity index (χ2v) is 4.75.